The summed E-state index contributed by atoms with van der Waals surface area (Å²) in [4.78, 5) is 26.4. The summed E-state index contributed by atoms with van der Waals surface area (Å²) in [5.74, 6) is 0.443. The van der Waals surface area contributed by atoms with Crippen LogP contribution in [0.25, 0.3) is 0 Å². The fraction of sp³-hybridized carbons (Fsp3) is 0.333. The lowest BCUT2D eigenvalue weighted by molar-refractivity contribution is -0.121. The molecule has 0 bridgehead atoms. The number of para-hydroxylation sites is 1. The molecular formula is C21H22FN3O4. The molecule has 0 radical (unpaired) electrons. The predicted octanol–water partition coefficient (Wildman–Crippen LogP) is 3.08. The number of likely N-dealkylation sites (tertiary alicyclic amines) is 1. The lowest BCUT2D eigenvalue weighted by Crippen LogP contribution is -2.41. The number of imide groups is 1. The van der Waals surface area contributed by atoms with Crippen LogP contribution < -0.4 is 20.1 Å². The zero-order chi connectivity index (χ0) is 20.2. The molecule has 0 aromatic heterocycles. The second-order valence-corrected chi connectivity index (χ2v) is 7.01. The van der Waals surface area contributed by atoms with Crippen LogP contribution in [0.4, 0.5) is 14.9 Å². The number of ether oxygens (including phenoxy) is 2. The molecule has 2 N–H and O–H groups in total. The van der Waals surface area contributed by atoms with Gasteiger partial charge in [-0.25, -0.2) is 9.18 Å². The van der Waals surface area contributed by atoms with Gasteiger partial charge in [-0.2, -0.15) is 0 Å². The van der Waals surface area contributed by atoms with Crippen LogP contribution in [0.15, 0.2) is 42.5 Å². The molecule has 3 amide bonds. The van der Waals surface area contributed by atoms with Crippen LogP contribution >= 0.6 is 0 Å². The minimum absolute atomic E-state index is 0.0214. The van der Waals surface area contributed by atoms with Gasteiger partial charge in [0.05, 0.1) is 12.2 Å². The van der Waals surface area contributed by atoms with Crippen molar-refractivity contribution in [3.63, 3.8) is 0 Å². The van der Waals surface area contributed by atoms with Crippen molar-refractivity contribution in [3.05, 3.63) is 53.8 Å². The third kappa shape index (κ3) is 4.48. The second kappa shape index (κ2) is 8.48. The van der Waals surface area contributed by atoms with Gasteiger partial charge in [-0.05, 0) is 49.2 Å². The Kier molecular flexibility index (Phi) is 5.62. The number of anilines is 1. The largest absolute Gasteiger partial charge is 0.486 e. The Morgan fingerprint density at radius 1 is 1.10 bits per heavy atom. The number of nitrogens with zero attached hydrogens (tertiary/aromatic N) is 1. The SMILES string of the molecule is O=C(CN1CCC[C@@H]1c1ccc2c(c1)OCCO2)NC(=O)Nc1ccccc1F. The summed E-state index contributed by atoms with van der Waals surface area (Å²) in [5, 5.41) is 4.61. The number of nitrogens with one attached hydrogen (secondary N) is 2. The number of carbonyl (C=O) groups excluding carboxylic acids is 2. The minimum atomic E-state index is -0.754. The van der Waals surface area contributed by atoms with E-state index in [1.165, 1.54) is 18.2 Å². The van der Waals surface area contributed by atoms with Crippen molar-refractivity contribution < 1.29 is 23.5 Å². The standard InChI is InChI=1S/C21H22FN3O4/c22-15-4-1-2-5-16(15)23-21(27)24-20(26)13-25-9-3-6-17(25)14-7-8-18-19(12-14)29-11-10-28-18/h1-2,4-5,7-8,12,17H,3,6,9-11,13H2,(H2,23,24,26,27)/t17-/m1/s1. The number of rotatable bonds is 4. The summed E-state index contributed by atoms with van der Waals surface area (Å²) in [7, 11) is 0. The molecule has 2 aliphatic heterocycles. The number of amides is 3. The second-order valence-electron chi connectivity index (χ2n) is 7.01. The number of carbonyl (C=O) groups is 2. The van der Waals surface area contributed by atoms with Crippen molar-refractivity contribution >= 4 is 17.6 Å². The van der Waals surface area contributed by atoms with Gasteiger partial charge in [-0.1, -0.05) is 18.2 Å². The first-order valence-corrected chi connectivity index (χ1v) is 9.59. The van der Waals surface area contributed by atoms with Crippen molar-refractivity contribution in [1.29, 1.82) is 0 Å². The van der Waals surface area contributed by atoms with Crippen molar-refractivity contribution in [2.45, 2.75) is 18.9 Å². The molecule has 0 saturated carbocycles. The first-order valence-electron chi connectivity index (χ1n) is 9.59. The zero-order valence-corrected chi connectivity index (χ0v) is 15.8. The van der Waals surface area contributed by atoms with Crippen LogP contribution in [0, 0.1) is 5.82 Å². The molecule has 0 spiro atoms. The Labute approximate surface area is 167 Å². The number of hydrogen-bond acceptors (Lipinski definition) is 5. The van der Waals surface area contributed by atoms with Gasteiger partial charge in [-0.3, -0.25) is 15.0 Å². The molecule has 7 nitrogen and oxygen atoms in total. The number of fused-ring (bicyclic) bond motifs is 1. The van der Waals surface area contributed by atoms with E-state index in [1.807, 2.05) is 23.1 Å². The smallest absolute Gasteiger partial charge is 0.326 e. The summed E-state index contributed by atoms with van der Waals surface area (Å²) in [6.07, 6.45) is 1.86. The fourth-order valence-corrected chi connectivity index (χ4v) is 3.73. The van der Waals surface area contributed by atoms with Gasteiger partial charge in [0.1, 0.15) is 19.0 Å². The molecule has 29 heavy (non-hydrogen) atoms. The molecular weight excluding hydrogens is 377 g/mol. The van der Waals surface area contributed by atoms with Gasteiger partial charge in [-0.15, -0.1) is 0 Å². The molecule has 0 unspecified atom stereocenters. The Hall–Kier alpha value is -3.13. The maximum Gasteiger partial charge on any atom is 0.326 e. The van der Waals surface area contributed by atoms with Gasteiger partial charge in [0.25, 0.3) is 0 Å². The molecule has 1 fully saturated rings. The normalized spacial score (nSPS) is 18.3. The van der Waals surface area contributed by atoms with Crippen LogP contribution in [0.1, 0.15) is 24.4 Å². The molecule has 2 aliphatic rings. The number of hydrogen-bond donors (Lipinski definition) is 2. The highest BCUT2D eigenvalue weighted by Gasteiger charge is 2.29. The Bertz CT molecular complexity index is 921. The van der Waals surface area contributed by atoms with Gasteiger partial charge >= 0.3 is 6.03 Å². The summed E-state index contributed by atoms with van der Waals surface area (Å²) < 4.78 is 24.8. The van der Waals surface area contributed by atoms with Crippen LogP contribution in [0.3, 0.4) is 0 Å². The summed E-state index contributed by atoms with van der Waals surface area (Å²) in [6, 6.07) is 10.9. The van der Waals surface area contributed by atoms with E-state index in [-0.39, 0.29) is 18.3 Å². The molecule has 0 aliphatic carbocycles. The highest BCUT2D eigenvalue weighted by Crippen LogP contribution is 2.37. The Morgan fingerprint density at radius 2 is 1.90 bits per heavy atom. The molecule has 1 atom stereocenters. The van der Waals surface area contributed by atoms with Crippen LogP contribution in [-0.2, 0) is 4.79 Å². The Morgan fingerprint density at radius 3 is 2.72 bits per heavy atom. The maximum absolute atomic E-state index is 13.6. The first kappa shape index (κ1) is 19.2. The predicted molar refractivity (Wildman–Crippen MR) is 105 cm³/mol. The van der Waals surface area contributed by atoms with E-state index < -0.39 is 17.8 Å². The van der Waals surface area contributed by atoms with Gasteiger partial charge in [0.2, 0.25) is 5.91 Å². The van der Waals surface area contributed by atoms with E-state index in [2.05, 4.69) is 10.6 Å². The van der Waals surface area contributed by atoms with E-state index in [0.29, 0.717) is 19.0 Å². The van der Waals surface area contributed by atoms with E-state index in [1.54, 1.807) is 6.07 Å². The quantitative estimate of drug-likeness (QED) is 0.826. The molecule has 8 heteroatoms. The third-order valence-electron chi connectivity index (χ3n) is 5.04. The van der Waals surface area contributed by atoms with Gasteiger partial charge < -0.3 is 14.8 Å². The Balaban J connectivity index is 1.36. The highest BCUT2D eigenvalue weighted by molar-refractivity contribution is 6.01. The maximum atomic E-state index is 13.6. The van der Waals surface area contributed by atoms with Crippen molar-refractivity contribution in [1.82, 2.24) is 10.2 Å². The molecule has 1 saturated heterocycles. The minimum Gasteiger partial charge on any atom is -0.486 e. The number of halogens is 1. The fourth-order valence-electron chi connectivity index (χ4n) is 3.73. The number of benzene rings is 2. The molecule has 4 rings (SSSR count). The lowest BCUT2D eigenvalue weighted by atomic mass is 10.0. The highest BCUT2D eigenvalue weighted by atomic mass is 19.1. The lowest BCUT2D eigenvalue weighted by Gasteiger charge is -2.26. The third-order valence-corrected chi connectivity index (χ3v) is 5.04. The summed E-state index contributed by atoms with van der Waals surface area (Å²) >= 11 is 0. The van der Waals surface area contributed by atoms with E-state index in [4.69, 9.17) is 9.47 Å². The number of urea groups is 1. The molecule has 2 aromatic rings. The van der Waals surface area contributed by atoms with Gasteiger partial charge in [0.15, 0.2) is 11.5 Å². The van der Waals surface area contributed by atoms with E-state index in [0.717, 1.165) is 30.7 Å². The van der Waals surface area contributed by atoms with Crippen molar-refractivity contribution in [2.75, 3.05) is 31.6 Å². The van der Waals surface area contributed by atoms with E-state index >= 15 is 0 Å². The molecule has 2 aromatic carbocycles. The zero-order valence-electron chi connectivity index (χ0n) is 15.8. The monoisotopic (exact) mass is 399 g/mol. The van der Waals surface area contributed by atoms with Crippen LogP contribution in [-0.4, -0.2) is 43.1 Å². The molecule has 2 heterocycles. The average Bonchev–Trinajstić information content (AvgIpc) is 3.17. The average molecular weight is 399 g/mol. The summed E-state index contributed by atoms with van der Waals surface area (Å²) in [5.41, 5.74) is 1.07. The van der Waals surface area contributed by atoms with Gasteiger partial charge in [0, 0.05) is 6.04 Å². The molecule has 152 valence electrons. The van der Waals surface area contributed by atoms with Crippen molar-refractivity contribution in [3.8, 4) is 11.5 Å². The summed E-state index contributed by atoms with van der Waals surface area (Å²) in [6.45, 7) is 1.88. The van der Waals surface area contributed by atoms with E-state index in [9.17, 15) is 14.0 Å². The van der Waals surface area contributed by atoms with Crippen LogP contribution in [0.5, 0.6) is 11.5 Å². The van der Waals surface area contributed by atoms with Crippen LogP contribution in [0.2, 0.25) is 0 Å². The topological polar surface area (TPSA) is 79.9 Å². The first-order chi connectivity index (χ1) is 14.1. The van der Waals surface area contributed by atoms with Crippen molar-refractivity contribution in [2.24, 2.45) is 0 Å².